The minimum Gasteiger partial charge on any atom is -0.318 e. The molecule has 1 aromatic carbocycles. The smallest absolute Gasteiger partial charge is 0.318 e. The Labute approximate surface area is 149 Å². The largest absolute Gasteiger partial charge is 0.338 e. The second-order valence-electron chi connectivity index (χ2n) is 6.16. The van der Waals surface area contributed by atoms with Crippen LogP contribution in [0.1, 0.15) is 24.1 Å². The van der Waals surface area contributed by atoms with Gasteiger partial charge in [0.05, 0.1) is 23.5 Å². The van der Waals surface area contributed by atoms with Crippen molar-refractivity contribution in [3.63, 3.8) is 0 Å². The molecule has 25 heavy (non-hydrogen) atoms. The van der Waals surface area contributed by atoms with Crippen LogP contribution in [0, 0.1) is 12.8 Å². The van der Waals surface area contributed by atoms with Crippen molar-refractivity contribution in [2.24, 2.45) is 11.1 Å². The Morgan fingerprint density at radius 2 is 2.08 bits per heavy atom. The summed E-state index contributed by atoms with van der Waals surface area (Å²) >= 11 is 5.99. The molecule has 0 unspecified atom stereocenters. The van der Waals surface area contributed by atoms with E-state index in [0.717, 1.165) is 41.0 Å². The minimum absolute atomic E-state index is 0.0114. The van der Waals surface area contributed by atoms with E-state index in [4.69, 9.17) is 21.4 Å². The lowest BCUT2D eigenvalue weighted by Crippen LogP contribution is -2.02. The number of nitrogens with zero attached hydrogens (tertiary/aromatic N) is 3. The van der Waals surface area contributed by atoms with E-state index in [9.17, 15) is 4.79 Å². The molecule has 1 aliphatic carbocycles. The van der Waals surface area contributed by atoms with E-state index < -0.39 is 0 Å². The second kappa shape index (κ2) is 6.33. The van der Waals surface area contributed by atoms with Crippen LogP contribution in [0.15, 0.2) is 47.8 Å². The van der Waals surface area contributed by atoms with E-state index >= 15 is 0 Å². The van der Waals surface area contributed by atoms with Gasteiger partial charge >= 0.3 is 5.97 Å². The molecule has 5 nitrogen and oxygen atoms in total. The summed E-state index contributed by atoms with van der Waals surface area (Å²) in [4.78, 5) is 21.4. The fourth-order valence-corrected chi connectivity index (χ4v) is 2.81. The molecule has 2 aromatic heterocycles. The quantitative estimate of drug-likeness (QED) is 0.400. The van der Waals surface area contributed by atoms with Crippen LogP contribution in [0.3, 0.4) is 0 Å². The summed E-state index contributed by atoms with van der Waals surface area (Å²) in [5.41, 5.74) is 4.32. The molecule has 0 radical (unpaired) electrons. The second-order valence-corrected chi connectivity index (χ2v) is 6.59. The SMILES string of the molecule is Cc1cccn2c(C=NOC(=O)C3CC3)c(-c3ccc(Cl)cc3)nc12. The molecule has 1 aliphatic rings. The van der Waals surface area contributed by atoms with Crippen LogP contribution < -0.4 is 0 Å². The van der Waals surface area contributed by atoms with Gasteiger partial charge in [0.2, 0.25) is 0 Å². The number of hydrogen-bond acceptors (Lipinski definition) is 4. The van der Waals surface area contributed by atoms with Crippen molar-refractivity contribution < 1.29 is 9.63 Å². The van der Waals surface area contributed by atoms with Gasteiger partial charge in [-0.2, -0.15) is 0 Å². The number of carbonyl (C=O) groups is 1. The highest BCUT2D eigenvalue weighted by Crippen LogP contribution is 2.30. The van der Waals surface area contributed by atoms with Gasteiger partial charge in [0.1, 0.15) is 5.65 Å². The number of hydrogen-bond donors (Lipinski definition) is 0. The van der Waals surface area contributed by atoms with Crippen molar-refractivity contribution in [1.29, 1.82) is 0 Å². The van der Waals surface area contributed by atoms with Gasteiger partial charge in [0, 0.05) is 16.8 Å². The first-order valence-corrected chi connectivity index (χ1v) is 8.49. The van der Waals surface area contributed by atoms with Gasteiger partial charge in [-0.15, -0.1) is 0 Å². The number of benzene rings is 1. The maximum Gasteiger partial charge on any atom is 0.338 e. The summed E-state index contributed by atoms with van der Waals surface area (Å²) in [7, 11) is 0. The summed E-state index contributed by atoms with van der Waals surface area (Å²) < 4.78 is 1.94. The third kappa shape index (κ3) is 3.15. The molecule has 6 heteroatoms. The predicted octanol–water partition coefficient (Wildman–Crippen LogP) is 4.25. The first-order valence-electron chi connectivity index (χ1n) is 8.11. The number of pyridine rings is 1. The summed E-state index contributed by atoms with van der Waals surface area (Å²) in [5, 5.41) is 4.56. The minimum atomic E-state index is -0.269. The van der Waals surface area contributed by atoms with Crippen molar-refractivity contribution in [3.8, 4) is 11.3 Å². The highest BCUT2D eigenvalue weighted by Gasteiger charge is 2.31. The van der Waals surface area contributed by atoms with Crippen molar-refractivity contribution in [2.75, 3.05) is 0 Å². The zero-order valence-electron chi connectivity index (χ0n) is 13.6. The van der Waals surface area contributed by atoms with Crippen LogP contribution in [0.4, 0.5) is 0 Å². The van der Waals surface area contributed by atoms with Crippen molar-refractivity contribution >= 4 is 29.4 Å². The van der Waals surface area contributed by atoms with Crippen LogP contribution >= 0.6 is 11.6 Å². The average molecular weight is 354 g/mol. The molecular formula is C19H16ClN3O2. The van der Waals surface area contributed by atoms with E-state index in [1.54, 1.807) is 6.21 Å². The van der Waals surface area contributed by atoms with E-state index in [0.29, 0.717) is 5.02 Å². The topological polar surface area (TPSA) is 56.0 Å². The van der Waals surface area contributed by atoms with E-state index in [-0.39, 0.29) is 11.9 Å². The van der Waals surface area contributed by atoms with Gasteiger partial charge in [-0.3, -0.25) is 4.40 Å². The molecule has 126 valence electrons. The zero-order chi connectivity index (χ0) is 17.4. The number of imidazole rings is 1. The van der Waals surface area contributed by atoms with Gasteiger partial charge < -0.3 is 4.84 Å². The molecule has 2 heterocycles. The number of halogens is 1. The molecule has 0 N–H and O–H groups in total. The monoisotopic (exact) mass is 353 g/mol. The maximum atomic E-state index is 11.7. The normalized spacial score (nSPS) is 14.3. The molecule has 1 saturated carbocycles. The van der Waals surface area contributed by atoms with Crippen molar-refractivity contribution in [2.45, 2.75) is 19.8 Å². The molecular weight excluding hydrogens is 338 g/mol. The van der Waals surface area contributed by atoms with Gasteiger partial charge in [0.25, 0.3) is 0 Å². The average Bonchev–Trinajstić information content (AvgIpc) is 3.39. The molecule has 4 rings (SSSR count). The van der Waals surface area contributed by atoms with Crippen LogP contribution in [0.5, 0.6) is 0 Å². The molecule has 0 aliphatic heterocycles. The van der Waals surface area contributed by atoms with E-state index in [1.807, 2.05) is 53.9 Å². The van der Waals surface area contributed by atoms with Gasteiger partial charge in [-0.25, -0.2) is 9.78 Å². The molecule has 0 bridgehead atoms. The first-order chi connectivity index (χ1) is 12.1. The van der Waals surface area contributed by atoms with Gasteiger partial charge in [-0.1, -0.05) is 35.0 Å². The number of oxime groups is 1. The Morgan fingerprint density at radius 1 is 1.32 bits per heavy atom. The number of aryl methyl sites for hydroxylation is 1. The Kier molecular flexibility index (Phi) is 4.01. The molecule has 1 fully saturated rings. The molecule has 0 saturated heterocycles. The van der Waals surface area contributed by atoms with Crippen LogP contribution in [0.25, 0.3) is 16.9 Å². The lowest BCUT2D eigenvalue weighted by atomic mass is 10.1. The number of carbonyl (C=O) groups excluding carboxylic acids is 1. The summed E-state index contributed by atoms with van der Waals surface area (Å²) in [6.07, 6.45) is 5.24. The van der Waals surface area contributed by atoms with Gasteiger partial charge in [-0.05, 0) is 43.5 Å². The van der Waals surface area contributed by atoms with Crippen LogP contribution in [-0.4, -0.2) is 21.6 Å². The van der Waals surface area contributed by atoms with E-state index in [1.165, 1.54) is 0 Å². The molecule has 0 spiro atoms. The van der Waals surface area contributed by atoms with Gasteiger partial charge in [0.15, 0.2) is 0 Å². The number of fused-ring (bicyclic) bond motifs is 1. The number of aromatic nitrogens is 2. The predicted molar refractivity (Wildman–Crippen MR) is 96.8 cm³/mol. The fourth-order valence-electron chi connectivity index (χ4n) is 2.69. The molecule has 0 amide bonds. The standard InChI is InChI=1S/C19H16ClN3O2/c1-12-3-2-10-23-16(11-21-25-19(24)14-4-5-14)17(22-18(12)23)13-6-8-15(20)9-7-13/h2-3,6-11,14H,4-5H2,1H3. The van der Waals surface area contributed by atoms with E-state index in [2.05, 4.69) is 5.16 Å². The number of rotatable bonds is 4. The first kappa shape index (κ1) is 15.8. The van der Waals surface area contributed by atoms with Crippen molar-refractivity contribution in [1.82, 2.24) is 9.38 Å². The highest BCUT2D eigenvalue weighted by atomic mass is 35.5. The highest BCUT2D eigenvalue weighted by molar-refractivity contribution is 6.30. The third-order valence-electron chi connectivity index (χ3n) is 4.23. The Hall–Kier alpha value is -2.66. The Bertz CT molecular complexity index is 972. The summed E-state index contributed by atoms with van der Waals surface area (Å²) in [6, 6.07) is 11.4. The Balaban J connectivity index is 1.77. The third-order valence-corrected chi connectivity index (χ3v) is 4.48. The Morgan fingerprint density at radius 3 is 2.80 bits per heavy atom. The molecule has 0 atom stereocenters. The summed E-state index contributed by atoms with van der Waals surface area (Å²) in [6.45, 7) is 2.00. The lowest BCUT2D eigenvalue weighted by molar-refractivity contribution is -0.145. The maximum absolute atomic E-state index is 11.7. The fraction of sp³-hybridized carbons (Fsp3) is 0.211. The zero-order valence-corrected chi connectivity index (χ0v) is 14.4. The van der Waals surface area contributed by atoms with Crippen LogP contribution in [0.2, 0.25) is 5.02 Å². The molecule has 3 aromatic rings. The van der Waals surface area contributed by atoms with Crippen LogP contribution in [-0.2, 0) is 9.63 Å². The summed E-state index contributed by atoms with van der Waals surface area (Å²) in [5.74, 6) is -0.258. The van der Waals surface area contributed by atoms with Crippen molar-refractivity contribution in [3.05, 3.63) is 58.9 Å². The lowest BCUT2D eigenvalue weighted by Gasteiger charge is -2.01.